The summed E-state index contributed by atoms with van der Waals surface area (Å²) in [6, 6.07) is 12.7. The molecule has 0 unspecified atom stereocenters. The summed E-state index contributed by atoms with van der Waals surface area (Å²) in [5.41, 5.74) is 5.47. The zero-order chi connectivity index (χ0) is 17.9. The Morgan fingerprint density at radius 1 is 1.04 bits per heavy atom. The van der Waals surface area contributed by atoms with Gasteiger partial charge in [0.05, 0.1) is 24.5 Å². The lowest BCUT2D eigenvalue weighted by atomic mass is 9.98. The molecule has 5 nitrogen and oxygen atoms in total. The smallest absolute Gasteiger partial charge is 0.181 e. The van der Waals surface area contributed by atoms with Gasteiger partial charge in [0.2, 0.25) is 0 Å². The van der Waals surface area contributed by atoms with Crippen molar-refractivity contribution in [2.24, 2.45) is 7.05 Å². The normalized spacial score (nSPS) is 11.3. The van der Waals surface area contributed by atoms with Crippen molar-refractivity contribution in [1.29, 1.82) is 0 Å². The van der Waals surface area contributed by atoms with Gasteiger partial charge in [0.25, 0.3) is 0 Å². The van der Waals surface area contributed by atoms with E-state index in [0.717, 1.165) is 35.9 Å². The fourth-order valence-corrected chi connectivity index (χ4v) is 3.39. The second kappa shape index (κ2) is 7.14. The minimum atomic E-state index is -0.0124. The van der Waals surface area contributed by atoms with E-state index in [1.54, 1.807) is 6.20 Å². The van der Waals surface area contributed by atoms with Gasteiger partial charge in [-0.3, -0.25) is 4.68 Å². The number of oxazole rings is 1. The summed E-state index contributed by atoms with van der Waals surface area (Å²) < 4.78 is 7.24. The number of aliphatic hydroxyl groups excluding tert-OH is 1. The van der Waals surface area contributed by atoms with E-state index in [9.17, 15) is 5.11 Å². The summed E-state index contributed by atoms with van der Waals surface area (Å²) in [7, 11) is 1.96. The van der Waals surface area contributed by atoms with Crippen molar-refractivity contribution >= 4 is 10.9 Å². The molecule has 4 rings (SSSR count). The van der Waals surface area contributed by atoms with Crippen LogP contribution in [0.3, 0.4) is 0 Å². The molecule has 0 saturated heterocycles. The average Bonchev–Trinajstić information content (AvgIpc) is 3.32. The van der Waals surface area contributed by atoms with Crippen LogP contribution in [-0.4, -0.2) is 19.9 Å². The van der Waals surface area contributed by atoms with Gasteiger partial charge in [-0.15, -0.1) is 0 Å². The first-order valence-electron chi connectivity index (χ1n) is 8.77. The standard InChI is InChI=1S/C21H21N3O2/c1-24-20-8-6-16(9-17(20)11-23-24)4-2-3-15-5-7-19(18(10-15)13-25)21-12-22-14-26-21/h5-12,14,25H,2-4,13H2,1H3. The molecule has 0 aliphatic heterocycles. The van der Waals surface area contributed by atoms with Gasteiger partial charge in [0.1, 0.15) is 0 Å². The molecule has 1 N–H and O–H groups in total. The topological polar surface area (TPSA) is 64.1 Å². The number of aliphatic hydroxyl groups is 1. The minimum absolute atomic E-state index is 0.0124. The summed E-state index contributed by atoms with van der Waals surface area (Å²) in [4.78, 5) is 3.95. The van der Waals surface area contributed by atoms with E-state index >= 15 is 0 Å². The number of fused-ring (bicyclic) bond motifs is 1. The van der Waals surface area contributed by atoms with E-state index in [1.807, 2.05) is 24.0 Å². The van der Waals surface area contributed by atoms with Crippen molar-refractivity contribution in [3.8, 4) is 11.3 Å². The quantitative estimate of drug-likeness (QED) is 0.575. The van der Waals surface area contributed by atoms with Crippen LogP contribution in [0.5, 0.6) is 0 Å². The van der Waals surface area contributed by atoms with Crippen molar-refractivity contribution in [3.05, 3.63) is 71.9 Å². The maximum atomic E-state index is 9.68. The van der Waals surface area contributed by atoms with Gasteiger partial charge in [0.15, 0.2) is 12.2 Å². The Labute approximate surface area is 151 Å². The molecule has 4 aromatic rings. The Hall–Kier alpha value is -2.92. The highest BCUT2D eigenvalue weighted by molar-refractivity contribution is 5.79. The molecular weight excluding hydrogens is 326 g/mol. The average molecular weight is 347 g/mol. The predicted octanol–water partition coefficient (Wildman–Crippen LogP) is 3.90. The first-order chi connectivity index (χ1) is 12.7. The molecule has 2 heterocycles. The highest BCUT2D eigenvalue weighted by Crippen LogP contribution is 2.25. The first kappa shape index (κ1) is 16.5. The van der Waals surface area contributed by atoms with E-state index in [0.29, 0.717) is 5.76 Å². The van der Waals surface area contributed by atoms with E-state index in [1.165, 1.54) is 22.9 Å². The second-order valence-corrected chi connectivity index (χ2v) is 6.53. The predicted molar refractivity (Wildman–Crippen MR) is 101 cm³/mol. The molecule has 132 valence electrons. The first-order valence-corrected chi connectivity index (χ1v) is 8.77. The van der Waals surface area contributed by atoms with E-state index in [2.05, 4.69) is 40.4 Å². The fourth-order valence-electron chi connectivity index (χ4n) is 3.39. The number of rotatable bonds is 6. The summed E-state index contributed by atoms with van der Waals surface area (Å²) in [5.74, 6) is 0.686. The minimum Gasteiger partial charge on any atom is -0.444 e. The maximum Gasteiger partial charge on any atom is 0.181 e. The van der Waals surface area contributed by atoms with Crippen LogP contribution in [0.4, 0.5) is 0 Å². The summed E-state index contributed by atoms with van der Waals surface area (Å²) in [6.45, 7) is -0.0124. The molecule has 2 aromatic heterocycles. The van der Waals surface area contributed by atoms with Crippen molar-refractivity contribution in [2.45, 2.75) is 25.9 Å². The van der Waals surface area contributed by atoms with Crippen LogP contribution < -0.4 is 0 Å². The van der Waals surface area contributed by atoms with Crippen molar-refractivity contribution in [3.63, 3.8) is 0 Å². The largest absolute Gasteiger partial charge is 0.444 e. The van der Waals surface area contributed by atoms with E-state index in [-0.39, 0.29) is 6.61 Å². The van der Waals surface area contributed by atoms with Crippen molar-refractivity contribution in [1.82, 2.24) is 14.8 Å². The summed E-state index contributed by atoms with van der Waals surface area (Å²) in [6.07, 6.45) is 8.02. The van der Waals surface area contributed by atoms with Crippen LogP contribution in [0.25, 0.3) is 22.2 Å². The lowest BCUT2D eigenvalue weighted by molar-refractivity contribution is 0.282. The maximum absolute atomic E-state index is 9.68. The zero-order valence-electron chi connectivity index (χ0n) is 14.7. The Bertz CT molecular complexity index is 1020. The molecule has 0 saturated carbocycles. The number of aryl methyl sites for hydroxylation is 3. The number of aromatic nitrogens is 3. The third-order valence-electron chi connectivity index (χ3n) is 4.78. The fraction of sp³-hybridized carbons (Fsp3) is 0.238. The Balaban J connectivity index is 1.44. The lowest BCUT2D eigenvalue weighted by Crippen LogP contribution is -1.95. The molecule has 0 fully saturated rings. The zero-order valence-corrected chi connectivity index (χ0v) is 14.7. The Kier molecular flexibility index (Phi) is 4.54. The molecule has 0 aliphatic carbocycles. The lowest BCUT2D eigenvalue weighted by Gasteiger charge is -2.08. The molecule has 5 heteroatoms. The van der Waals surface area contributed by atoms with Gasteiger partial charge >= 0.3 is 0 Å². The third-order valence-corrected chi connectivity index (χ3v) is 4.78. The van der Waals surface area contributed by atoms with Crippen molar-refractivity contribution < 1.29 is 9.52 Å². The van der Waals surface area contributed by atoms with Crippen LogP contribution in [0, 0.1) is 0 Å². The van der Waals surface area contributed by atoms with E-state index < -0.39 is 0 Å². The van der Waals surface area contributed by atoms with Gasteiger partial charge in [-0.2, -0.15) is 5.10 Å². The highest BCUT2D eigenvalue weighted by atomic mass is 16.3. The molecule has 0 bridgehead atoms. The van der Waals surface area contributed by atoms with Crippen LogP contribution in [0.2, 0.25) is 0 Å². The third kappa shape index (κ3) is 3.26. The SMILES string of the molecule is Cn1ncc2cc(CCCc3ccc(-c4cnco4)c(CO)c3)ccc21. The summed E-state index contributed by atoms with van der Waals surface area (Å²) in [5, 5.41) is 15.2. The molecule has 0 amide bonds. The molecule has 26 heavy (non-hydrogen) atoms. The van der Waals surface area contributed by atoms with Gasteiger partial charge < -0.3 is 9.52 Å². The Morgan fingerprint density at radius 3 is 2.62 bits per heavy atom. The molecule has 0 aliphatic rings. The van der Waals surface area contributed by atoms with Gasteiger partial charge in [-0.1, -0.05) is 24.3 Å². The molecule has 2 aromatic carbocycles. The van der Waals surface area contributed by atoms with Gasteiger partial charge in [0, 0.05) is 18.0 Å². The number of hydrogen-bond donors (Lipinski definition) is 1. The number of nitrogens with zero attached hydrogens (tertiary/aromatic N) is 3. The van der Waals surface area contributed by atoms with Crippen LogP contribution in [0.1, 0.15) is 23.1 Å². The van der Waals surface area contributed by atoms with Gasteiger partial charge in [-0.05, 0) is 48.1 Å². The second-order valence-electron chi connectivity index (χ2n) is 6.53. The van der Waals surface area contributed by atoms with E-state index in [4.69, 9.17) is 4.42 Å². The summed E-state index contributed by atoms with van der Waals surface area (Å²) >= 11 is 0. The molecule has 0 spiro atoms. The Morgan fingerprint density at radius 2 is 1.85 bits per heavy atom. The molecule has 0 atom stereocenters. The molecular formula is C21H21N3O2. The molecule has 0 radical (unpaired) electrons. The van der Waals surface area contributed by atoms with Crippen molar-refractivity contribution in [2.75, 3.05) is 0 Å². The van der Waals surface area contributed by atoms with Crippen LogP contribution >= 0.6 is 0 Å². The highest BCUT2D eigenvalue weighted by Gasteiger charge is 2.09. The number of hydrogen-bond acceptors (Lipinski definition) is 4. The van der Waals surface area contributed by atoms with Crippen LogP contribution in [-0.2, 0) is 26.5 Å². The van der Waals surface area contributed by atoms with Crippen LogP contribution in [0.15, 0.2) is 59.6 Å². The monoisotopic (exact) mass is 347 g/mol. The van der Waals surface area contributed by atoms with Gasteiger partial charge in [-0.25, -0.2) is 4.98 Å². The number of benzene rings is 2.